The van der Waals surface area contributed by atoms with Crippen LogP contribution < -0.4 is 10.6 Å². The van der Waals surface area contributed by atoms with E-state index in [4.69, 9.17) is 4.74 Å². The van der Waals surface area contributed by atoms with Crippen molar-refractivity contribution < 1.29 is 4.74 Å². The lowest BCUT2D eigenvalue weighted by Gasteiger charge is -2.34. The minimum atomic E-state index is 0. The summed E-state index contributed by atoms with van der Waals surface area (Å²) in [5.41, 5.74) is 2.58. The summed E-state index contributed by atoms with van der Waals surface area (Å²) in [6.07, 6.45) is 0. The smallest absolute Gasteiger partial charge is 0.191 e. The van der Waals surface area contributed by atoms with Crippen molar-refractivity contribution in [3.63, 3.8) is 0 Å². The third kappa shape index (κ3) is 7.81. The number of benzene rings is 1. The minimum Gasteiger partial charge on any atom is -0.379 e. The number of ether oxygens (including phenoxy) is 1. The quantitative estimate of drug-likeness (QED) is 0.305. The lowest BCUT2D eigenvalue weighted by atomic mass is 10.1. The number of aliphatic imine (C=N–C) groups is 1. The molecule has 1 unspecified atom stereocenters. The highest BCUT2D eigenvalue weighted by atomic mass is 127. The normalized spacial score (nSPS) is 16.2. The summed E-state index contributed by atoms with van der Waals surface area (Å²) in [5.74, 6) is 0.831. The van der Waals surface area contributed by atoms with Gasteiger partial charge in [-0.3, -0.25) is 9.89 Å². The predicted molar refractivity (Wildman–Crippen MR) is 137 cm³/mol. The van der Waals surface area contributed by atoms with E-state index in [2.05, 4.69) is 81.3 Å². The van der Waals surface area contributed by atoms with Gasteiger partial charge in [-0.15, -0.1) is 35.3 Å². The monoisotopic (exact) mass is 543 g/mol. The highest BCUT2D eigenvalue weighted by Crippen LogP contribution is 2.25. The Morgan fingerprint density at radius 2 is 1.93 bits per heavy atom. The number of rotatable bonds is 8. The fraction of sp³-hybridized carbons (Fsp3) is 0.500. The van der Waals surface area contributed by atoms with Gasteiger partial charge < -0.3 is 20.3 Å². The van der Waals surface area contributed by atoms with E-state index in [1.807, 2.05) is 18.4 Å². The van der Waals surface area contributed by atoms with Crippen LogP contribution >= 0.6 is 35.3 Å². The third-order valence-electron chi connectivity index (χ3n) is 4.99. The van der Waals surface area contributed by atoms with E-state index < -0.39 is 0 Å². The van der Waals surface area contributed by atoms with E-state index in [9.17, 15) is 0 Å². The van der Waals surface area contributed by atoms with Crippen LogP contribution in [0.1, 0.15) is 22.0 Å². The van der Waals surface area contributed by atoms with E-state index in [1.165, 1.54) is 16.0 Å². The van der Waals surface area contributed by atoms with Gasteiger partial charge in [0.25, 0.3) is 0 Å². The first-order valence-corrected chi connectivity index (χ1v) is 11.1. The van der Waals surface area contributed by atoms with E-state index >= 15 is 0 Å². The number of guanidine groups is 1. The molecule has 2 N–H and O–H groups in total. The van der Waals surface area contributed by atoms with Gasteiger partial charge >= 0.3 is 0 Å². The first-order chi connectivity index (χ1) is 14.2. The van der Waals surface area contributed by atoms with E-state index in [1.54, 1.807) is 0 Å². The molecular weight excluding hydrogens is 509 g/mol. The van der Waals surface area contributed by atoms with Gasteiger partial charge in [0.05, 0.1) is 19.3 Å². The molecule has 1 aliphatic heterocycles. The molecule has 1 aromatic carbocycles. The maximum atomic E-state index is 5.54. The predicted octanol–water partition coefficient (Wildman–Crippen LogP) is 3.17. The van der Waals surface area contributed by atoms with Crippen molar-refractivity contribution in [2.24, 2.45) is 4.99 Å². The second-order valence-electron chi connectivity index (χ2n) is 7.54. The van der Waals surface area contributed by atoms with Gasteiger partial charge in [-0.2, -0.15) is 0 Å². The van der Waals surface area contributed by atoms with E-state index in [0.717, 1.165) is 51.9 Å². The summed E-state index contributed by atoms with van der Waals surface area (Å²) in [5, 5.41) is 9.13. The van der Waals surface area contributed by atoms with Crippen molar-refractivity contribution in [3.8, 4) is 0 Å². The molecule has 30 heavy (non-hydrogen) atoms. The number of nitrogens with zero attached hydrogens (tertiary/aromatic N) is 3. The van der Waals surface area contributed by atoms with Crippen LogP contribution in [0, 0.1) is 0 Å². The fourth-order valence-electron chi connectivity index (χ4n) is 3.58. The fourth-order valence-corrected chi connectivity index (χ4v) is 4.44. The molecule has 0 amide bonds. The average molecular weight is 544 g/mol. The third-order valence-corrected chi connectivity index (χ3v) is 5.97. The Labute approximate surface area is 201 Å². The first-order valence-electron chi connectivity index (χ1n) is 10.2. The molecule has 166 valence electrons. The number of nitrogens with one attached hydrogen (secondary N) is 2. The van der Waals surface area contributed by atoms with Gasteiger partial charge in [-0.25, -0.2) is 0 Å². The van der Waals surface area contributed by atoms with Crippen LogP contribution in [0.4, 0.5) is 0 Å². The molecule has 1 aliphatic rings. The molecule has 3 rings (SSSR count). The van der Waals surface area contributed by atoms with Crippen molar-refractivity contribution in [3.05, 3.63) is 57.8 Å². The Morgan fingerprint density at radius 3 is 2.60 bits per heavy atom. The maximum absolute atomic E-state index is 5.54. The molecule has 2 aromatic rings. The van der Waals surface area contributed by atoms with Gasteiger partial charge in [-0.1, -0.05) is 30.3 Å². The summed E-state index contributed by atoms with van der Waals surface area (Å²) in [6.45, 7) is 6.06. The summed E-state index contributed by atoms with van der Waals surface area (Å²) < 4.78 is 5.54. The van der Waals surface area contributed by atoms with Crippen LogP contribution in [0.25, 0.3) is 0 Å². The zero-order valence-electron chi connectivity index (χ0n) is 18.1. The van der Waals surface area contributed by atoms with Crippen LogP contribution in [0.15, 0.2) is 46.8 Å². The standard InChI is InChI=1S/C22H33N5OS.HI/c1-23-22(24-15-18-6-4-7-19(14-18)17-26(2)3)25-16-20(21-8-5-13-29-21)27-9-11-28-12-10-27;/h4-8,13-14,20H,9-12,15-17H2,1-3H3,(H2,23,24,25);1H. The van der Waals surface area contributed by atoms with Crippen LogP contribution in [0.5, 0.6) is 0 Å². The number of hydrogen-bond donors (Lipinski definition) is 2. The van der Waals surface area contributed by atoms with Crippen LogP contribution in [-0.2, 0) is 17.8 Å². The maximum Gasteiger partial charge on any atom is 0.191 e. The van der Waals surface area contributed by atoms with Crippen molar-refractivity contribution in [1.82, 2.24) is 20.4 Å². The second-order valence-corrected chi connectivity index (χ2v) is 8.52. The number of hydrogen-bond acceptors (Lipinski definition) is 5. The van der Waals surface area contributed by atoms with Gasteiger partial charge in [-0.05, 0) is 36.7 Å². The van der Waals surface area contributed by atoms with Crippen LogP contribution in [-0.4, -0.2) is 69.8 Å². The Bertz CT molecular complexity index is 763. The first kappa shape index (κ1) is 25.1. The molecule has 0 spiro atoms. The van der Waals surface area contributed by atoms with E-state index in [0.29, 0.717) is 6.04 Å². The summed E-state index contributed by atoms with van der Waals surface area (Å²) in [7, 11) is 6.01. The van der Waals surface area contributed by atoms with Crippen molar-refractivity contribution in [2.75, 3.05) is 54.0 Å². The molecule has 2 heterocycles. The largest absolute Gasteiger partial charge is 0.379 e. The van der Waals surface area contributed by atoms with Crippen molar-refractivity contribution in [1.29, 1.82) is 0 Å². The zero-order valence-corrected chi connectivity index (χ0v) is 21.3. The lowest BCUT2D eigenvalue weighted by Crippen LogP contribution is -2.46. The Kier molecular flexibility index (Phi) is 11.1. The zero-order chi connectivity index (χ0) is 20.5. The average Bonchev–Trinajstić information content (AvgIpc) is 3.25. The molecule has 1 aromatic heterocycles. The molecule has 0 bridgehead atoms. The summed E-state index contributed by atoms with van der Waals surface area (Å²) in [6, 6.07) is 13.4. The molecule has 1 saturated heterocycles. The molecular formula is C22H34IN5OS. The molecule has 0 saturated carbocycles. The Hall–Kier alpha value is -1.20. The minimum absolute atomic E-state index is 0. The van der Waals surface area contributed by atoms with Gasteiger partial charge in [0.2, 0.25) is 0 Å². The van der Waals surface area contributed by atoms with Gasteiger partial charge in [0.15, 0.2) is 5.96 Å². The second kappa shape index (κ2) is 13.3. The molecule has 0 radical (unpaired) electrons. The Balaban J connectivity index is 0.00000320. The van der Waals surface area contributed by atoms with Crippen LogP contribution in [0.2, 0.25) is 0 Å². The summed E-state index contributed by atoms with van der Waals surface area (Å²) >= 11 is 1.81. The van der Waals surface area contributed by atoms with E-state index in [-0.39, 0.29) is 24.0 Å². The molecule has 1 atom stereocenters. The van der Waals surface area contributed by atoms with Crippen molar-refractivity contribution in [2.45, 2.75) is 19.1 Å². The van der Waals surface area contributed by atoms with Crippen LogP contribution in [0.3, 0.4) is 0 Å². The lowest BCUT2D eigenvalue weighted by molar-refractivity contribution is 0.0177. The molecule has 6 nitrogen and oxygen atoms in total. The van der Waals surface area contributed by atoms with Crippen molar-refractivity contribution >= 4 is 41.3 Å². The number of morpholine rings is 1. The molecule has 0 aliphatic carbocycles. The highest BCUT2D eigenvalue weighted by molar-refractivity contribution is 14.0. The topological polar surface area (TPSA) is 52.1 Å². The molecule has 8 heteroatoms. The SMILES string of the molecule is CN=C(NCc1cccc(CN(C)C)c1)NCC(c1cccs1)N1CCOCC1.I. The van der Waals surface area contributed by atoms with Gasteiger partial charge in [0, 0.05) is 44.6 Å². The highest BCUT2D eigenvalue weighted by Gasteiger charge is 2.23. The number of thiophene rings is 1. The summed E-state index contributed by atoms with van der Waals surface area (Å²) in [4.78, 5) is 10.5. The Morgan fingerprint density at radius 1 is 1.17 bits per heavy atom. The van der Waals surface area contributed by atoms with Gasteiger partial charge in [0.1, 0.15) is 0 Å². The molecule has 1 fully saturated rings. The number of halogens is 1.